The average Bonchev–Trinajstić information content (AvgIpc) is 3.44. The minimum absolute atomic E-state index is 0.0638. The van der Waals surface area contributed by atoms with Gasteiger partial charge in [0.2, 0.25) is 5.91 Å². The largest absolute Gasteiger partial charge is 0.335 e. The number of halogens is 1. The highest BCUT2D eigenvalue weighted by Gasteiger charge is 2.35. The minimum Gasteiger partial charge on any atom is -0.335 e. The van der Waals surface area contributed by atoms with E-state index in [0.29, 0.717) is 24.0 Å². The van der Waals surface area contributed by atoms with Gasteiger partial charge in [-0.05, 0) is 43.2 Å². The maximum Gasteiger partial charge on any atom is 0.259 e. The van der Waals surface area contributed by atoms with Crippen LogP contribution in [0.25, 0.3) is 0 Å². The van der Waals surface area contributed by atoms with Gasteiger partial charge in [0.15, 0.2) is 0 Å². The highest BCUT2D eigenvalue weighted by Crippen LogP contribution is 2.32. The van der Waals surface area contributed by atoms with Crippen LogP contribution >= 0.6 is 0 Å². The first-order chi connectivity index (χ1) is 12.1. The van der Waals surface area contributed by atoms with E-state index in [9.17, 15) is 14.0 Å². The summed E-state index contributed by atoms with van der Waals surface area (Å²) in [5.74, 6) is -0.0190. The number of carbonyl (C=O) groups is 2. The first-order valence-electron chi connectivity index (χ1n) is 8.44. The van der Waals surface area contributed by atoms with Crippen LogP contribution < -0.4 is 4.90 Å². The van der Waals surface area contributed by atoms with Crippen molar-refractivity contribution in [3.05, 3.63) is 59.5 Å². The summed E-state index contributed by atoms with van der Waals surface area (Å²) < 4.78 is 13.1. The van der Waals surface area contributed by atoms with Crippen LogP contribution in [0.1, 0.15) is 35.2 Å². The molecule has 2 aliphatic rings. The fourth-order valence-electron chi connectivity index (χ4n) is 3.19. The first kappa shape index (κ1) is 15.7. The monoisotopic (exact) mass is 339 g/mol. The molecule has 0 saturated heterocycles. The molecule has 1 aromatic carbocycles. The van der Waals surface area contributed by atoms with Crippen molar-refractivity contribution in [3.8, 4) is 0 Å². The molecule has 2 heterocycles. The molecule has 2 aromatic rings. The SMILES string of the molecule is O=C(c1ccc(F)cc1)N1CCC(=O)N(C2CC2)Cc2cccnc21. The molecule has 1 saturated carbocycles. The molecule has 128 valence electrons. The van der Waals surface area contributed by atoms with Gasteiger partial charge in [0.1, 0.15) is 11.6 Å². The summed E-state index contributed by atoms with van der Waals surface area (Å²) in [4.78, 5) is 33.3. The Morgan fingerprint density at radius 2 is 1.92 bits per heavy atom. The lowest BCUT2D eigenvalue weighted by molar-refractivity contribution is -0.132. The summed E-state index contributed by atoms with van der Waals surface area (Å²) in [5.41, 5.74) is 1.24. The van der Waals surface area contributed by atoms with Crippen molar-refractivity contribution in [3.63, 3.8) is 0 Å². The number of rotatable bonds is 2. The summed E-state index contributed by atoms with van der Waals surface area (Å²) >= 11 is 0. The lowest BCUT2D eigenvalue weighted by Crippen LogP contribution is -2.41. The molecule has 0 spiro atoms. The number of pyridine rings is 1. The number of hydrogen-bond donors (Lipinski definition) is 0. The van der Waals surface area contributed by atoms with Crippen molar-refractivity contribution in [1.29, 1.82) is 0 Å². The molecule has 0 N–H and O–H groups in total. The number of amides is 2. The highest BCUT2D eigenvalue weighted by atomic mass is 19.1. The van der Waals surface area contributed by atoms with E-state index in [-0.39, 0.29) is 24.8 Å². The number of hydrogen-bond acceptors (Lipinski definition) is 3. The van der Waals surface area contributed by atoms with Gasteiger partial charge in [-0.25, -0.2) is 9.37 Å². The fourth-order valence-corrected chi connectivity index (χ4v) is 3.19. The van der Waals surface area contributed by atoms with Crippen molar-refractivity contribution in [2.45, 2.75) is 31.8 Å². The molecule has 5 nitrogen and oxygen atoms in total. The third-order valence-electron chi connectivity index (χ3n) is 4.66. The smallest absolute Gasteiger partial charge is 0.259 e. The van der Waals surface area contributed by atoms with Crippen LogP contribution in [0.2, 0.25) is 0 Å². The van der Waals surface area contributed by atoms with Gasteiger partial charge in [0.25, 0.3) is 5.91 Å². The maximum atomic E-state index is 13.1. The van der Waals surface area contributed by atoms with Crippen molar-refractivity contribution in [2.75, 3.05) is 11.4 Å². The van der Waals surface area contributed by atoms with Crippen LogP contribution in [-0.2, 0) is 11.3 Å². The molecule has 0 atom stereocenters. The highest BCUT2D eigenvalue weighted by molar-refractivity contribution is 6.06. The van der Waals surface area contributed by atoms with Crippen molar-refractivity contribution in [2.24, 2.45) is 0 Å². The zero-order valence-electron chi connectivity index (χ0n) is 13.7. The van der Waals surface area contributed by atoms with Gasteiger partial charge in [0.05, 0.1) is 0 Å². The number of fused-ring (bicyclic) bond motifs is 1. The lowest BCUT2D eigenvalue weighted by atomic mass is 10.1. The van der Waals surface area contributed by atoms with Crippen LogP contribution in [0.4, 0.5) is 10.2 Å². The Hall–Kier alpha value is -2.76. The Bertz CT molecular complexity index is 818. The molecule has 1 aliphatic heterocycles. The molecular formula is C19H18FN3O2. The molecule has 1 fully saturated rings. The lowest BCUT2D eigenvalue weighted by Gasteiger charge is -2.31. The molecular weight excluding hydrogens is 321 g/mol. The van der Waals surface area contributed by atoms with E-state index in [4.69, 9.17) is 0 Å². The molecule has 4 rings (SSSR count). The van der Waals surface area contributed by atoms with Gasteiger partial charge in [-0.1, -0.05) is 6.07 Å². The Kier molecular flexibility index (Phi) is 3.95. The minimum atomic E-state index is -0.391. The molecule has 25 heavy (non-hydrogen) atoms. The topological polar surface area (TPSA) is 53.5 Å². The van der Waals surface area contributed by atoms with Gasteiger partial charge in [-0.2, -0.15) is 0 Å². The second kappa shape index (κ2) is 6.27. The van der Waals surface area contributed by atoms with Gasteiger partial charge >= 0.3 is 0 Å². The molecule has 0 unspecified atom stereocenters. The van der Waals surface area contributed by atoms with Crippen LogP contribution in [-0.4, -0.2) is 34.3 Å². The van der Waals surface area contributed by atoms with Crippen molar-refractivity contribution in [1.82, 2.24) is 9.88 Å². The zero-order chi connectivity index (χ0) is 17.4. The van der Waals surface area contributed by atoms with E-state index in [0.717, 1.165) is 18.4 Å². The fraction of sp³-hybridized carbons (Fsp3) is 0.316. The van der Waals surface area contributed by atoms with E-state index < -0.39 is 5.82 Å². The number of carbonyl (C=O) groups excluding carboxylic acids is 2. The van der Waals surface area contributed by atoms with E-state index in [2.05, 4.69) is 4.98 Å². The number of anilines is 1. The summed E-state index contributed by atoms with van der Waals surface area (Å²) in [7, 11) is 0. The van der Waals surface area contributed by atoms with Gasteiger partial charge < -0.3 is 4.90 Å². The van der Waals surface area contributed by atoms with Crippen LogP contribution in [0.15, 0.2) is 42.6 Å². The molecule has 2 amide bonds. The number of aromatic nitrogens is 1. The predicted octanol–water partition coefficient (Wildman–Crippen LogP) is 2.76. The van der Waals surface area contributed by atoms with Gasteiger partial charge in [-0.3, -0.25) is 14.5 Å². The van der Waals surface area contributed by atoms with E-state index >= 15 is 0 Å². The van der Waals surface area contributed by atoms with Crippen molar-refractivity contribution >= 4 is 17.6 Å². The summed E-state index contributed by atoms with van der Waals surface area (Å²) in [6.45, 7) is 0.738. The Morgan fingerprint density at radius 3 is 2.64 bits per heavy atom. The van der Waals surface area contributed by atoms with Crippen molar-refractivity contribution < 1.29 is 14.0 Å². The zero-order valence-corrected chi connectivity index (χ0v) is 13.7. The second-order valence-corrected chi connectivity index (χ2v) is 6.45. The predicted molar refractivity (Wildman–Crippen MR) is 90.5 cm³/mol. The Morgan fingerprint density at radius 1 is 1.16 bits per heavy atom. The van der Waals surface area contributed by atoms with E-state index in [1.54, 1.807) is 6.20 Å². The van der Waals surface area contributed by atoms with E-state index in [1.807, 2.05) is 17.0 Å². The summed E-state index contributed by atoms with van der Waals surface area (Å²) in [6.07, 6.45) is 3.99. The second-order valence-electron chi connectivity index (χ2n) is 6.45. The Labute approximate surface area is 145 Å². The summed E-state index contributed by atoms with van der Waals surface area (Å²) in [5, 5.41) is 0. The molecule has 1 aliphatic carbocycles. The van der Waals surface area contributed by atoms with Crippen LogP contribution in [0.5, 0.6) is 0 Å². The molecule has 0 radical (unpaired) electrons. The third kappa shape index (κ3) is 3.12. The standard InChI is InChI=1S/C19H18FN3O2/c20-15-5-3-13(4-6-15)19(25)22-11-9-17(24)23(16-7-8-16)12-14-2-1-10-21-18(14)22/h1-6,10,16H,7-9,11-12H2. The number of nitrogens with zero attached hydrogens (tertiary/aromatic N) is 3. The normalized spacial score (nSPS) is 17.7. The molecule has 6 heteroatoms. The Balaban J connectivity index is 1.70. The van der Waals surface area contributed by atoms with Crippen LogP contribution in [0.3, 0.4) is 0 Å². The van der Waals surface area contributed by atoms with Crippen LogP contribution in [0, 0.1) is 5.82 Å². The quantitative estimate of drug-likeness (QED) is 0.845. The third-order valence-corrected chi connectivity index (χ3v) is 4.66. The van der Waals surface area contributed by atoms with E-state index in [1.165, 1.54) is 29.2 Å². The molecule has 1 aromatic heterocycles. The molecule has 0 bridgehead atoms. The van der Waals surface area contributed by atoms with Gasteiger partial charge in [0, 0.05) is 42.9 Å². The maximum absolute atomic E-state index is 13.1. The first-order valence-corrected chi connectivity index (χ1v) is 8.44. The summed E-state index contributed by atoms with van der Waals surface area (Å²) in [6, 6.07) is 9.47. The van der Waals surface area contributed by atoms with Gasteiger partial charge in [-0.15, -0.1) is 0 Å². The number of benzene rings is 1. The average molecular weight is 339 g/mol.